The van der Waals surface area contributed by atoms with Gasteiger partial charge in [-0.1, -0.05) is 39.6 Å². The summed E-state index contributed by atoms with van der Waals surface area (Å²) in [7, 11) is -2.92. The molecule has 0 aliphatic carbocycles. The molecule has 1 aromatic rings. The third-order valence-electron chi connectivity index (χ3n) is 4.37. The van der Waals surface area contributed by atoms with Gasteiger partial charge in [0.05, 0.1) is 0 Å². The topological polar surface area (TPSA) is 72.6 Å². The average Bonchev–Trinajstić information content (AvgIpc) is 2.87. The molecule has 0 bridgehead atoms. The molecule has 2 saturated heterocycles. The lowest BCUT2D eigenvalue weighted by Gasteiger charge is -2.30. The van der Waals surface area contributed by atoms with Crippen molar-refractivity contribution in [2.75, 3.05) is 30.9 Å². The molecule has 2 atom stereocenters. The van der Waals surface area contributed by atoms with Crippen molar-refractivity contribution in [2.45, 2.75) is 6.61 Å². The number of carbonyl (C=O) groups is 1. The Kier molecular flexibility index (Phi) is 3.33. The van der Waals surface area contributed by atoms with Crippen LogP contribution in [0, 0.1) is 11.8 Å². The third kappa shape index (κ3) is 3.27. The molecule has 2 aliphatic rings. The first-order valence-electron chi connectivity index (χ1n) is 7.17. The number of ether oxygens (including phenoxy) is 1. The zero-order chi connectivity index (χ0) is 15.1. The van der Waals surface area contributed by atoms with Crippen LogP contribution in [0.15, 0.2) is 30.3 Å². The van der Waals surface area contributed by atoms with E-state index in [0.29, 0.717) is 24.6 Å². The first kappa shape index (κ1) is 14.5. The normalized spacial score (nSPS) is 31.1. The van der Waals surface area contributed by atoms with Crippen LogP contribution in [0.3, 0.4) is 0 Å². The van der Waals surface area contributed by atoms with E-state index in [2.05, 4.69) is 0 Å². The van der Waals surface area contributed by atoms with E-state index < -0.39 is 9.25 Å². The standard InChI is InChI=1S/C15H22N2O3S/c1-21(16,19)10-13-7-17(8-14(13)11-21)15(18)20-9-12-5-3-2-4-6-12/h2-6,13-14H,7-11H2,1H3,(H2,16,19). The van der Waals surface area contributed by atoms with Crippen LogP contribution < -0.4 is 5.14 Å². The monoisotopic (exact) mass is 310 g/mol. The first-order chi connectivity index (χ1) is 9.80. The predicted octanol–water partition coefficient (Wildman–Crippen LogP) is 1.21. The molecular formula is C15H22N2O3S. The van der Waals surface area contributed by atoms with E-state index in [1.807, 2.05) is 30.3 Å². The molecule has 2 heterocycles. The molecule has 0 saturated carbocycles. The summed E-state index contributed by atoms with van der Waals surface area (Å²) in [5.41, 5.74) is 0.976. The van der Waals surface area contributed by atoms with E-state index in [1.165, 1.54) is 0 Å². The highest BCUT2D eigenvalue weighted by molar-refractivity contribution is 8.17. The van der Waals surface area contributed by atoms with Crippen LogP contribution in [-0.4, -0.2) is 46.1 Å². The minimum absolute atomic E-state index is 0.253. The number of amides is 1. The van der Waals surface area contributed by atoms with Crippen LogP contribution in [0.2, 0.25) is 0 Å². The second kappa shape index (κ2) is 4.81. The van der Waals surface area contributed by atoms with Crippen LogP contribution in [0.1, 0.15) is 5.56 Å². The molecule has 116 valence electrons. The van der Waals surface area contributed by atoms with Gasteiger partial charge in [-0.05, 0) is 17.4 Å². The van der Waals surface area contributed by atoms with Crippen LogP contribution in [0.5, 0.6) is 0 Å². The highest BCUT2D eigenvalue weighted by Crippen LogP contribution is 2.39. The number of nitrogens with two attached hydrogens (primary N) is 1. The van der Waals surface area contributed by atoms with Crippen molar-refractivity contribution < 1.29 is 13.7 Å². The molecule has 6 heteroatoms. The Labute approximate surface area is 125 Å². The molecule has 5 nitrogen and oxygen atoms in total. The minimum Gasteiger partial charge on any atom is -0.445 e. The molecule has 0 spiro atoms. The molecule has 2 N–H and O–H groups in total. The number of carbonyl (C=O) groups excluding carboxylic acids is 1. The van der Waals surface area contributed by atoms with Gasteiger partial charge >= 0.3 is 6.09 Å². The summed E-state index contributed by atoms with van der Waals surface area (Å²) in [6, 6.07) is 9.62. The smallest absolute Gasteiger partial charge is 0.410 e. The van der Waals surface area contributed by atoms with E-state index in [0.717, 1.165) is 5.56 Å². The summed E-state index contributed by atoms with van der Waals surface area (Å²) < 4.78 is 17.8. The zero-order valence-electron chi connectivity index (χ0n) is 12.2. The lowest BCUT2D eigenvalue weighted by molar-refractivity contribution is 0.102. The van der Waals surface area contributed by atoms with Crippen molar-refractivity contribution in [1.82, 2.24) is 4.90 Å². The fourth-order valence-electron chi connectivity index (χ4n) is 3.50. The van der Waals surface area contributed by atoms with E-state index in [1.54, 1.807) is 11.2 Å². The maximum atomic E-state index is 12.4. The Bertz CT molecular complexity index is 591. The Morgan fingerprint density at radius 2 is 1.86 bits per heavy atom. The van der Waals surface area contributed by atoms with Crippen LogP contribution in [0.4, 0.5) is 4.79 Å². The number of hydrogen-bond donors (Lipinski definition) is 1. The molecule has 2 fully saturated rings. The summed E-state index contributed by atoms with van der Waals surface area (Å²) >= 11 is 0. The second-order valence-corrected chi connectivity index (χ2v) is 11.0. The zero-order valence-corrected chi connectivity index (χ0v) is 13.1. The number of benzene rings is 1. The van der Waals surface area contributed by atoms with Gasteiger partial charge < -0.3 is 9.64 Å². The minimum atomic E-state index is -2.92. The van der Waals surface area contributed by atoms with Crippen molar-refractivity contribution >= 4 is 15.3 Å². The maximum Gasteiger partial charge on any atom is 0.410 e. The van der Waals surface area contributed by atoms with Gasteiger partial charge in [0, 0.05) is 30.9 Å². The third-order valence-corrected chi connectivity index (χ3v) is 7.02. The number of hydrogen-bond acceptors (Lipinski definition) is 3. The molecular weight excluding hydrogens is 288 g/mol. The van der Waals surface area contributed by atoms with Gasteiger partial charge in [-0.3, -0.25) is 9.35 Å². The summed E-state index contributed by atoms with van der Waals surface area (Å²) in [5, 5.41) is 5.99. The van der Waals surface area contributed by atoms with Gasteiger partial charge in [-0.2, -0.15) is 0 Å². The summed E-state index contributed by atoms with van der Waals surface area (Å²) in [4.78, 5) is 13.8. The summed E-state index contributed by atoms with van der Waals surface area (Å²) in [6.45, 7) is 1.51. The van der Waals surface area contributed by atoms with Gasteiger partial charge in [0.15, 0.2) is 0 Å². The van der Waals surface area contributed by atoms with Crippen LogP contribution in [0.25, 0.3) is 0 Å². The lowest BCUT2D eigenvalue weighted by Crippen LogP contribution is -2.46. The molecule has 1 amide bonds. The van der Waals surface area contributed by atoms with Crippen molar-refractivity contribution in [1.29, 1.82) is 0 Å². The number of nitrogens with zero attached hydrogens (tertiary/aromatic N) is 1. The lowest BCUT2D eigenvalue weighted by atomic mass is 10.0. The molecule has 2 aliphatic heterocycles. The summed E-state index contributed by atoms with van der Waals surface area (Å²) in [6.07, 6.45) is 1.40. The van der Waals surface area contributed by atoms with Gasteiger partial charge in [0.1, 0.15) is 6.61 Å². The van der Waals surface area contributed by atoms with E-state index in [-0.39, 0.29) is 24.5 Å². The highest BCUT2D eigenvalue weighted by atomic mass is 32.3. The number of fused-ring (bicyclic) bond motifs is 1. The van der Waals surface area contributed by atoms with Crippen molar-refractivity contribution in [3.63, 3.8) is 0 Å². The molecule has 0 radical (unpaired) electrons. The van der Waals surface area contributed by atoms with Crippen molar-refractivity contribution in [2.24, 2.45) is 17.0 Å². The fourth-order valence-corrected chi connectivity index (χ4v) is 6.69. The quantitative estimate of drug-likeness (QED) is 0.892. The Balaban J connectivity index is 1.54. The van der Waals surface area contributed by atoms with Crippen molar-refractivity contribution in [3.8, 4) is 0 Å². The Morgan fingerprint density at radius 1 is 1.29 bits per heavy atom. The van der Waals surface area contributed by atoms with Gasteiger partial charge in [-0.15, -0.1) is 0 Å². The highest BCUT2D eigenvalue weighted by Gasteiger charge is 2.49. The molecule has 2 unspecified atom stereocenters. The second-order valence-electron chi connectivity index (χ2n) is 6.65. The average molecular weight is 310 g/mol. The molecule has 0 aromatic heterocycles. The number of rotatable bonds is 2. The van der Waals surface area contributed by atoms with Crippen molar-refractivity contribution in [3.05, 3.63) is 35.9 Å². The van der Waals surface area contributed by atoms with E-state index in [4.69, 9.17) is 9.88 Å². The number of likely N-dealkylation sites (tertiary alicyclic amines) is 1. The predicted molar refractivity (Wildman–Crippen MR) is 83.2 cm³/mol. The van der Waals surface area contributed by atoms with Gasteiger partial charge in [0.2, 0.25) is 0 Å². The SMILES string of the molecule is CS1(N)(=O)CC2CN(C(=O)OCc3ccccc3)CC2C1. The fraction of sp³-hybridized carbons (Fsp3) is 0.533. The Hall–Kier alpha value is -1.40. The molecule has 21 heavy (non-hydrogen) atoms. The van der Waals surface area contributed by atoms with E-state index >= 15 is 0 Å². The van der Waals surface area contributed by atoms with Gasteiger partial charge in [0.25, 0.3) is 0 Å². The van der Waals surface area contributed by atoms with E-state index in [9.17, 15) is 9.00 Å². The summed E-state index contributed by atoms with van der Waals surface area (Å²) in [5.74, 6) is 1.57. The first-order valence-corrected chi connectivity index (χ1v) is 9.95. The molecule has 3 rings (SSSR count). The van der Waals surface area contributed by atoms with Crippen LogP contribution >= 0.6 is 0 Å². The largest absolute Gasteiger partial charge is 0.445 e. The molecule has 1 aromatic carbocycles. The maximum absolute atomic E-state index is 12.4. The Morgan fingerprint density at radius 3 is 2.43 bits per heavy atom. The van der Waals surface area contributed by atoms with Crippen LogP contribution in [-0.2, 0) is 20.6 Å². The van der Waals surface area contributed by atoms with Gasteiger partial charge in [-0.25, -0.2) is 4.79 Å².